The van der Waals surface area contributed by atoms with Gasteiger partial charge in [0.15, 0.2) is 0 Å². The number of carbonyl (C=O) groups is 1. The molecule has 0 aliphatic carbocycles. The molecular weight excluding hydrogens is 225 g/mol. The van der Waals surface area contributed by atoms with Crippen LogP contribution in [0.1, 0.15) is 22.8 Å². The lowest BCUT2D eigenvalue weighted by Gasteiger charge is -2.13. The average molecular weight is 234 g/mol. The number of hydrogen-bond donors (Lipinski definition) is 1. The number of pyridine rings is 1. The lowest BCUT2D eigenvalue weighted by Crippen LogP contribution is -2.18. The maximum Gasteiger partial charge on any atom is 0.419 e. The summed E-state index contributed by atoms with van der Waals surface area (Å²) >= 11 is 0. The maximum atomic E-state index is 12.6. The van der Waals surface area contributed by atoms with E-state index in [0.29, 0.717) is 0 Å². The Labute approximate surface area is 89.2 Å². The molecule has 0 aliphatic heterocycles. The van der Waals surface area contributed by atoms with Crippen LogP contribution in [-0.4, -0.2) is 17.6 Å². The van der Waals surface area contributed by atoms with Gasteiger partial charge in [-0.3, -0.25) is 4.98 Å². The van der Waals surface area contributed by atoms with Gasteiger partial charge < -0.3 is 10.5 Å². The zero-order chi connectivity index (χ0) is 12.3. The first-order valence-electron chi connectivity index (χ1n) is 4.35. The molecule has 0 spiro atoms. The molecule has 4 nitrogen and oxygen atoms in total. The van der Waals surface area contributed by atoms with Crippen LogP contribution in [0.3, 0.4) is 0 Å². The molecule has 0 unspecified atom stereocenters. The highest BCUT2D eigenvalue weighted by atomic mass is 19.4. The molecule has 7 heteroatoms. The first-order valence-corrected chi connectivity index (χ1v) is 4.35. The fourth-order valence-corrected chi connectivity index (χ4v) is 1.16. The van der Waals surface area contributed by atoms with Crippen LogP contribution in [0, 0.1) is 0 Å². The van der Waals surface area contributed by atoms with Gasteiger partial charge in [0, 0.05) is 6.20 Å². The lowest BCUT2D eigenvalue weighted by molar-refractivity contribution is -0.137. The molecule has 1 aromatic heterocycles. The third kappa shape index (κ3) is 2.41. The minimum absolute atomic E-state index is 0.0229. The fourth-order valence-electron chi connectivity index (χ4n) is 1.16. The van der Waals surface area contributed by atoms with E-state index in [1.54, 1.807) is 0 Å². The quantitative estimate of drug-likeness (QED) is 0.793. The van der Waals surface area contributed by atoms with Crippen molar-refractivity contribution in [3.05, 3.63) is 23.5 Å². The summed E-state index contributed by atoms with van der Waals surface area (Å²) in [4.78, 5) is 14.7. The monoisotopic (exact) mass is 234 g/mol. The molecule has 2 N–H and O–H groups in total. The number of nitrogens with zero attached hydrogens (tertiary/aromatic N) is 1. The Morgan fingerprint density at radius 3 is 2.62 bits per heavy atom. The van der Waals surface area contributed by atoms with Gasteiger partial charge >= 0.3 is 12.1 Å². The summed E-state index contributed by atoms with van der Waals surface area (Å²) in [5, 5.41) is 0. The standard InChI is InChI=1S/C9H9F3N2O2/c1-2-16-8(15)5-3-14-4-6(13)7(5)9(10,11)12/h3-4H,2,13H2,1H3. The van der Waals surface area contributed by atoms with Gasteiger partial charge in [0.25, 0.3) is 0 Å². The van der Waals surface area contributed by atoms with Gasteiger partial charge in [0.2, 0.25) is 0 Å². The van der Waals surface area contributed by atoms with E-state index >= 15 is 0 Å². The number of nitrogens with two attached hydrogens (primary N) is 1. The van der Waals surface area contributed by atoms with Crippen LogP contribution in [0.15, 0.2) is 12.4 Å². The second kappa shape index (κ2) is 4.38. The SMILES string of the molecule is CCOC(=O)c1cncc(N)c1C(F)(F)F. The Bertz CT molecular complexity index is 404. The molecule has 0 atom stereocenters. The Morgan fingerprint density at radius 1 is 1.50 bits per heavy atom. The number of aromatic nitrogens is 1. The molecule has 88 valence electrons. The van der Waals surface area contributed by atoms with Crippen molar-refractivity contribution in [2.24, 2.45) is 0 Å². The molecule has 0 saturated carbocycles. The number of anilines is 1. The van der Waals surface area contributed by atoms with Crippen molar-refractivity contribution in [3.8, 4) is 0 Å². The number of alkyl halides is 3. The number of rotatable bonds is 2. The van der Waals surface area contributed by atoms with Crippen LogP contribution in [0.25, 0.3) is 0 Å². The van der Waals surface area contributed by atoms with E-state index < -0.39 is 29.0 Å². The zero-order valence-corrected chi connectivity index (χ0v) is 8.34. The van der Waals surface area contributed by atoms with Crippen LogP contribution >= 0.6 is 0 Å². The highest BCUT2D eigenvalue weighted by Crippen LogP contribution is 2.35. The average Bonchev–Trinajstić information content (AvgIpc) is 2.15. The van der Waals surface area contributed by atoms with E-state index in [1.807, 2.05) is 0 Å². The molecule has 0 aliphatic rings. The van der Waals surface area contributed by atoms with E-state index in [-0.39, 0.29) is 6.61 Å². The summed E-state index contributed by atoms with van der Waals surface area (Å²) in [5.41, 5.74) is 2.67. The molecule has 16 heavy (non-hydrogen) atoms. The Morgan fingerprint density at radius 2 is 2.12 bits per heavy atom. The van der Waals surface area contributed by atoms with E-state index in [2.05, 4.69) is 9.72 Å². The van der Waals surface area contributed by atoms with Crippen LogP contribution in [-0.2, 0) is 10.9 Å². The van der Waals surface area contributed by atoms with Crippen molar-refractivity contribution >= 4 is 11.7 Å². The summed E-state index contributed by atoms with van der Waals surface area (Å²) < 4.78 is 42.3. The molecule has 1 rings (SSSR count). The van der Waals surface area contributed by atoms with E-state index in [9.17, 15) is 18.0 Å². The van der Waals surface area contributed by atoms with Gasteiger partial charge in [-0.15, -0.1) is 0 Å². The van der Waals surface area contributed by atoms with Gasteiger partial charge in [-0.2, -0.15) is 13.2 Å². The van der Waals surface area contributed by atoms with Crippen molar-refractivity contribution in [3.63, 3.8) is 0 Å². The van der Waals surface area contributed by atoms with Crippen LogP contribution < -0.4 is 5.73 Å². The molecule has 0 radical (unpaired) electrons. The first kappa shape index (κ1) is 12.3. The third-order valence-corrected chi connectivity index (χ3v) is 1.75. The molecule has 0 amide bonds. The normalized spacial score (nSPS) is 11.2. The van der Waals surface area contributed by atoms with Crippen molar-refractivity contribution in [2.45, 2.75) is 13.1 Å². The van der Waals surface area contributed by atoms with Crippen LogP contribution in [0.2, 0.25) is 0 Å². The number of esters is 1. The fraction of sp³-hybridized carbons (Fsp3) is 0.333. The Hall–Kier alpha value is -1.79. The molecule has 1 aromatic rings. The summed E-state index contributed by atoms with van der Waals surface area (Å²) in [7, 11) is 0. The van der Waals surface area contributed by atoms with Gasteiger partial charge in [-0.1, -0.05) is 0 Å². The summed E-state index contributed by atoms with van der Waals surface area (Å²) in [6.07, 6.45) is -3.09. The number of ether oxygens (including phenoxy) is 1. The topological polar surface area (TPSA) is 65.2 Å². The highest BCUT2D eigenvalue weighted by Gasteiger charge is 2.38. The molecular formula is C9H9F3N2O2. The predicted octanol–water partition coefficient (Wildman–Crippen LogP) is 1.86. The van der Waals surface area contributed by atoms with Gasteiger partial charge in [-0.05, 0) is 6.92 Å². The van der Waals surface area contributed by atoms with Gasteiger partial charge in [0.05, 0.1) is 29.6 Å². The highest BCUT2D eigenvalue weighted by molar-refractivity contribution is 5.92. The molecule has 1 heterocycles. The maximum absolute atomic E-state index is 12.6. The van der Waals surface area contributed by atoms with Crippen LogP contribution in [0.4, 0.5) is 18.9 Å². The van der Waals surface area contributed by atoms with E-state index in [1.165, 1.54) is 6.92 Å². The van der Waals surface area contributed by atoms with Gasteiger partial charge in [-0.25, -0.2) is 4.79 Å². The lowest BCUT2D eigenvalue weighted by atomic mass is 10.1. The second-order valence-electron chi connectivity index (χ2n) is 2.87. The Kier molecular flexibility index (Phi) is 3.36. The number of nitrogen functional groups attached to an aromatic ring is 1. The van der Waals surface area contributed by atoms with E-state index in [4.69, 9.17) is 5.73 Å². The summed E-state index contributed by atoms with van der Waals surface area (Å²) in [5.74, 6) is -1.09. The second-order valence-corrected chi connectivity index (χ2v) is 2.87. The molecule has 0 fully saturated rings. The number of hydrogen-bond acceptors (Lipinski definition) is 4. The van der Waals surface area contributed by atoms with Crippen molar-refractivity contribution in [1.82, 2.24) is 4.98 Å². The smallest absolute Gasteiger partial charge is 0.419 e. The van der Waals surface area contributed by atoms with Crippen LogP contribution in [0.5, 0.6) is 0 Å². The molecule has 0 aromatic carbocycles. The van der Waals surface area contributed by atoms with Gasteiger partial charge in [0.1, 0.15) is 0 Å². The summed E-state index contributed by atoms with van der Waals surface area (Å²) in [6, 6.07) is 0. The Balaban J connectivity index is 3.29. The predicted molar refractivity (Wildman–Crippen MR) is 49.6 cm³/mol. The minimum atomic E-state index is -4.71. The minimum Gasteiger partial charge on any atom is -0.462 e. The molecule has 0 bridgehead atoms. The van der Waals surface area contributed by atoms with Crippen molar-refractivity contribution in [1.29, 1.82) is 0 Å². The summed E-state index contributed by atoms with van der Waals surface area (Å²) in [6.45, 7) is 1.47. The largest absolute Gasteiger partial charge is 0.462 e. The molecule has 0 saturated heterocycles. The number of carbonyl (C=O) groups excluding carboxylic acids is 1. The first-order chi connectivity index (χ1) is 7.38. The number of halogens is 3. The van der Waals surface area contributed by atoms with Crippen molar-refractivity contribution in [2.75, 3.05) is 12.3 Å². The zero-order valence-electron chi connectivity index (χ0n) is 8.34. The third-order valence-electron chi connectivity index (χ3n) is 1.75. The van der Waals surface area contributed by atoms with E-state index in [0.717, 1.165) is 12.4 Å². The van der Waals surface area contributed by atoms with Crippen molar-refractivity contribution < 1.29 is 22.7 Å².